The second-order valence-corrected chi connectivity index (χ2v) is 9.25. The molecule has 0 radical (unpaired) electrons. The van der Waals surface area contributed by atoms with Crippen LogP contribution in [0.1, 0.15) is 22.5 Å². The van der Waals surface area contributed by atoms with Crippen LogP contribution < -0.4 is 4.74 Å². The second-order valence-electron chi connectivity index (χ2n) is 9.25. The van der Waals surface area contributed by atoms with Crippen LogP contribution in [-0.4, -0.2) is 16.1 Å². The number of hydrogen-bond donors (Lipinski definition) is 0. The summed E-state index contributed by atoms with van der Waals surface area (Å²) in [5, 5.41) is -1.46. The number of alkyl halides is 5. The third kappa shape index (κ3) is 6.71. The first kappa shape index (κ1) is 31.8. The van der Waals surface area contributed by atoms with Gasteiger partial charge < -0.3 is 4.74 Å². The molecule has 0 unspecified atom stereocenters. The van der Waals surface area contributed by atoms with Gasteiger partial charge in [0.1, 0.15) is 40.4 Å². The quantitative estimate of drug-likeness (QED) is 0.145. The Morgan fingerprint density at radius 2 is 1.33 bits per heavy atom. The van der Waals surface area contributed by atoms with Gasteiger partial charge in [-0.15, -0.1) is 0 Å². The summed E-state index contributed by atoms with van der Waals surface area (Å²) in [6.07, 6.45) is -7.05. The number of hydrogen-bond acceptors (Lipinski definition) is 3. The molecule has 0 fully saturated rings. The Labute approximate surface area is 251 Å². The zero-order valence-corrected chi connectivity index (χ0v) is 22.3. The lowest BCUT2D eigenvalue weighted by atomic mass is 9.98. The van der Waals surface area contributed by atoms with Crippen molar-refractivity contribution in [1.29, 1.82) is 0 Å². The van der Waals surface area contributed by atoms with Gasteiger partial charge in [0.05, 0.1) is 10.9 Å². The Morgan fingerprint density at radius 3 is 1.96 bits per heavy atom. The van der Waals surface area contributed by atoms with Crippen LogP contribution in [0.4, 0.5) is 48.3 Å². The zero-order valence-electron chi connectivity index (χ0n) is 22.3. The van der Waals surface area contributed by atoms with Gasteiger partial charge in [0.25, 0.3) is 0 Å². The van der Waals surface area contributed by atoms with Crippen LogP contribution >= 0.6 is 0 Å². The number of halogens is 11. The summed E-state index contributed by atoms with van der Waals surface area (Å²) in [6.45, 7) is 0. The Morgan fingerprint density at radius 1 is 0.652 bits per heavy atom. The second kappa shape index (κ2) is 12.0. The lowest BCUT2D eigenvalue weighted by Gasteiger charge is -2.20. The minimum atomic E-state index is -5.09. The number of benzene rings is 4. The van der Waals surface area contributed by atoms with Gasteiger partial charge in [-0.2, -0.15) is 22.0 Å². The maximum atomic E-state index is 15.0. The summed E-state index contributed by atoms with van der Waals surface area (Å²) in [7, 11) is 0. The van der Waals surface area contributed by atoms with Crippen LogP contribution in [0.3, 0.4) is 0 Å². The molecule has 0 spiro atoms. The van der Waals surface area contributed by atoms with Crippen molar-refractivity contribution in [2.75, 3.05) is 0 Å². The molecule has 5 rings (SSSR count). The van der Waals surface area contributed by atoms with Crippen molar-refractivity contribution < 1.29 is 53.0 Å². The Balaban J connectivity index is 1.43. The highest BCUT2D eigenvalue weighted by Gasteiger charge is 2.41. The van der Waals surface area contributed by atoms with Gasteiger partial charge in [-0.25, -0.2) is 36.3 Å². The fourth-order valence-corrected chi connectivity index (χ4v) is 4.22. The monoisotopic (exact) mass is 648 g/mol. The standard InChI is InChI=1S/C32H11F11N2O/c33-22-14-18-12-17(13-24(35)28(18)30(38)21(22)6-7-31(39,40)41)20-4-3-19(15-23(20)34)46-32(42,43)29-25(36)10-16(11-26(29)37)2-5-27-44-8-1-9-45-27/h1,3-4,8-15H. The van der Waals surface area contributed by atoms with Crippen LogP contribution in [0.15, 0.2) is 67.0 Å². The van der Waals surface area contributed by atoms with Crippen molar-refractivity contribution in [1.82, 2.24) is 9.97 Å². The fraction of sp³-hybridized carbons (Fsp3) is 0.0625. The molecule has 14 heteroatoms. The van der Waals surface area contributed by atoms with Crippen LogP contribution in [-0.2, 0) is 6.11 Å². The predicted octanol–water partition coefficient (Wildman–Crippen LogP) is 8.57. The normalized spacial score (nSPS) is 11.5. The van der Waals surface area contributed by atoms with Gasteiger partial charge in [-0.1, -0.05) is 11.8 Å². The maximum Gasteiger partial charge on any atom is 0.458 e. The van der Waals surface area contributed by atoms with E-state index in [1.165, 1.54) is 24.4 Å². The Hall–Kier alpha value is -5.63. The first-order chi connectivity index (χ1) is 21.6. The largest absolute Gasteiger partial charge is 0.458 e. The molecule has 0 bridgehead atoms. The van der Waals surface area contributed by atoms with Gasteiger partial charge in [-0.05, 0) is 65.4 Å². The van der Waals surface area contributed by atoms with Crippen LogP contribution in [0.5, 0.6) is 5.75 Å². The van der Waals surface area contributed by atoms with Crippen molar-refractivity contribution in [3.8, 4) is 40.6 Å². The molecule has 0 N–H and O–H groups in total. The molecule has 0 amide bonds. The lowest BCUT2D eigenvalue weighted by Crippen LogP contribution is -2.25. The summed E-state index contributed by atoms with van der Waals surface area (Å²) in [4.78, 5) is 7.58. The van der Waals surface area contributed by atoms with Crippen LogP contribution in [0.2, 0.25) is 0 Å². The molecule has 3 nitrogen and oxygen atoms in total. The highest BCUT2D eigenvalue weighted by molar-refractivity contribution is 5.90. The number of nitrogens with zero attached hydrogens (tertiary/aromatic N) is 2. The Bertz CT molecular complexity index is 2100. The molecule has 46 heavy (non-hydrogen) atoms. The molecule has 0 aliphatic heterocycles. The van der Waals surface area contributed by atoms with E-state index in [1.807, 2.05) is 0 Å². The molecule has 1 aromatic heterocycles. The van der Waals surface area contributed by atoms with Gasteiger partial charge in [-0.3, -0.25) is 0 Å². The maximum absolute atomic E-state index is 15.0. The molecular weight excluding hydrogens is 637 g/mol. The van der Waals surface area contributed by atoms with E-state index >= 15 is 4.39 Å². The minimum Gasteiger partial charge on any atom is -0.429 e. The van der Waals surface area contributed by atoms with Crippen molar-refractivity contribution in [3.05, 3.63) is 124 Å². The average Bonchev–Trinajstić information content (AvgIpc) is 2.95. The molecule has 4 aromatic carbocycles. The minimum absolute atomic E-state index is 0.00105. The molecule has 0 saturated carbocycles. The smallest absolute Gasteiger partial charge is 0.429 e. The third-order valence-electron chi connectivity index (χ3n) is 6.13. The number of ether oxygens (including phenoxy) is 1. The third-order valence-corrected chi connectivity index (χ3v) is 6.13. The fourth-order valence-electron chi connectivity index (χ4n) is 4.22. The molecular formula is C32H11F11N2O. The highest BCUT2D eigenvalue weighted by Crippen LogP contribution is 2.38. The van der Waals surface area contributed by atoms with Crippen LogP contribution in [0, 0.1) is 58.6 Å². The Kier molecular flexibility index (Phi) is 8.32. The van der Waals surface area contributed by atoms with E-state index < -0.39 is 80.4 Å². The highest BCUT2D eigenvalue weighted by atomic mass is 19.4. The van der Waals surface area contributed by atoms with E-state index in [1.54, 1.807) is 0 Å². The van der Waals surface area contributed by atoms with Crippen molar-refractivity contribution in [3.63, 3.8) is 0 Å². The predicted molar refractivity (Wildman–Crippen MR) is 141 cm³/mol. The van der Waals surface area contributed by atoms with E-state index in [-0.39, 0.29) is 17.0 Å². The first-order valence-electron chi connectivity index (χ1n) is 12.5. The summed E-state index contributed by atoms with van der Waals surface area (Å²) in [5.74, 6) is -3.75. The van der Waals surface area contributed by atoms with Gasteiger partial charge in [0.15, 0.2) is 5.82 Å². The summed E-state index contributed by atoms with van der Waals surface area (Å²) in [5.41, 5.74) is -4.32. The van der Waals surface area contributed by atoms with Gasteiger partial charge >= 0.3 is 12.3 Å². The zero-order chi connectivity index (χ0) is 33.4. The van der Waals surface area contributed by atoms with Crippen LogP contribution in [0.25, 0.3) is 21.9 Å². The van der Waals surface area contributed by atoms with Crippen molar-refractivity contribution in [2.24, 2.45) is 0 Å². The van der Waals surface area contributed by atoms with E-state index in [4.69, 9.17) is 0 Å². The van der Waals surface area contributed by atoms with Gasteiger partial charge in [0, 0.05) is 35.5 Å². The molecule has 5 aromatic rings. The van der Waals surface area contributed by atoms with E-state index in [0.29, 0.717) is 36.3 Å². The summed E-state index contributed by atoms with van der Waals surface area (Å²) >= 11 is 0. The number of aromatic nitrogens is 2. The topological polar surface area (TPSA) is 35.0 Å². The lowest BCUT2D eigenvalue weighted by molar-refractivity contribution is -0.189. The van der Waals surface area contributed by atoms with E-state index in [9.17, 15) is 43.9 Å². The first-order valence-corrected chi connectivity index (χ1v) is 12.5. The van der Waals surface area contributed by atoms with Gasteiger partial charge in [0.2, 0.25) is 5.82 Å². The van der Waals surface area contributed by atoms with Crippen molar-refractivity contribution in [2.45, 2.75) is 12.3 Å². The van der Waals surface area contributed by atoms with Crippen molar-refractivity contribution >= 4 is 10.8 Å². The average molecular weight is 648 g/mol. The SMILES string of the molecule is Fc1cc(OC(F)(F)c2c(F)cc(C#Cc3ncccn3)cc2F)ccc1-c1cc(F)c2c(F)c(C#CC(F)(F)F)c(F)cc2c1. The molecule has 0 aliphatic rings. The van der Waals surface area contributed by atoms with E-state index in [2.05, 4.69) is 26.5 Å². The number of rotatable bonds is 4. The van der Waals surface area contributed by atoms with E-state index in [0.717, 1.165) is 18.2 Å². The number of fused-ring (bicyclic) bond motifs is 1. The summed E-state index contributed by atoms with van der Waals surface area (Å²) < 4.78 is 160. The molecule has 0 saturated heterocycles. The summed E-state index contributed by atoms with van der Waals surface area (Å²) in [6, 6.07) is 6.41. The molecule has 0 aliphatic carbocycles. The molecule has 1 heterocycles. The molecule has 232 valence electrons. The molecule has 0 atom stereocenters.